The zero-order valence-corrected chi connectivity index (χ0v) is 9.29. The van der Waals surface area contributed by atoms with Gasteiger partial charge < -0.3 is 21.1 Å². The molecule has 0 aliphatic carbocycles. The van der Waals surface area contributed by atoms with Crippen molar-refractivity contribution in [1.29, 1.82) is 0 Å². The van der Waals surface area contributed by atoms with Crippen LogP contribution in [-0.4, -0.2) is 15.3 Å². The minimum atomic E-state index is -0.402. The summed E-state index contributed by atoms with van der Waals surface area (Å²) in [6.07, 6.45) is 1.53. The summed E-state index contributed by atoms with van der Waals surface area (Å²) in [5, 5.41) is 28.0. The van der Waals surface area contributed by atoms with E-state index in [1.807, 2.05) is 6.92 Å². The van der Waals surface area contributed by atoms with Gasteiger partial charge in [-0.25, -0.2) is 0 Å². The molecule has 0 radical (unpaired) electrons. The average molecular weight is 234 g/mol. The van der Waals surface area contributed by atoms with Gasteiger partial charge in [-0.1, -0.05) is 13.3 Å². The fraction of sp³-hybridized carbons (Fsp3) is 0.400. The molecule has 0 saturated heterocycles. The second-order valence-electron chi connectivity index (χ2n) is 3.29. The van der Waals surface area contributed by atoms with Crippen LogP contribution in [0.15, 0.2) is 12.1 Å². The fourth-order valence-electron chi connectivity index (χ4n) is 1.44. The van der Waals surface area contributed by atoms with E-state index in [-0.39, 0.29) is 29.7 Å². The summed E-state index contributed by atoms with van der Waals surface area (Å²) in [5.41, 5.74) is 6.05. The van der Waals surface area contributed by atoms with Gasteiger partial charge in [-0.3, -0.25) is 0 Å². The van der Waals surface area contributed by atoms with E-state index < -0.39 is 6.04 Å². The predicted molar refractivity (Wildman–Crippen MR) is 60.5 cm³/mol. The van der Waals surface area contributed by atoms with Crippen LogP contribution in [0.2, 0.25) is 0 Å². The first kappa shape index (κ1) is 13.9. The Morgan fingerprint density at radius 2 is 1.67 bits per heavy atom. The van der Waals surface area contributed by atoms with E-state index in [1.54, 1.807) is 0 Å². The molecule has 5 heteroatoms. The third-order valence-corrected chi connectivity index (χ3v) is 2.09. The minimum Gasteiger partial charge on any atom is -0.508 e. The van der Waals surface area contributed by atoms with Crippen LogP contribution in [0.1, 0.15) is 31.4 Å². The highest BCUT2D eigenvalue weighted by molar-refractivity contribution is 5.85. The highest BCUT2D eigenvalue weighted by Gasteiger charge is 2.16. The standard InChI is InChI=1S/C10H15NO3.ClH/c1-2-3-7(11)10-8(13)4-6(12)5-9(10)14;/h4-5,7,12-14H,2-3,11H2,1H3;1H/t7-;/m0./s1. The van der Waals surface area contributed by atoms with Crippen LogP contribution in [0.3, 0.4) is 0 Å². The Morgan fingerprint density at radius 1 is 1.20 bits per heavy atom. The molecular formula is C10H16ClNO3. The number of rotatable bonds is 3. The summed E-state index contributed by atoms with van der Waals surface area (Å²) in [5.74, 6) is -0.501. The lowest BCUT2D eigenvalue weighted by atomic mass is 10.0. The Bertz CT molecular complexity index is 307. The number of hydrogen-bond donors (Lipinski definition) is 4. The summed E-state index contributed by atoms with van der Waals surface area (Å²) in [7, 11) is 0. The zero-order chi connectivity index (χ0) is 10.7. The van der Waals surface area contributed by atoms with Crippen molar-refractivity contribution in [3.8, 4) is 17.2 Å². The van der Waals surface area contributed by atoms with Crippen molar-refractivity contribution in [2.24, 2.45) is 5.73 Å². The first-order valence-electron chi connectivity index (χ1n) is 4.56. The Hall–Kier alpha value is -1.13. The van der Waals surface area contributed by atoms with Crippen LogP contribution in [0.4, 0.5) is 0 Å². The zero-order valence-electron chi connectivity index (χ0n) is 8.47. The molecule has 0 aromatic heterocycles. The van der Waals surface area contributed by atoms with Crippen LogP contribution < -0.4 is 5.73 Å². The molecule has 0 bridgehead atoms. The molecule has 15 heavy (non-hydrogen) atoms. The van der Waals surface area contributed by atoms with Crippen molar-refractivity contribution in [3.05, 3.63) is 17.7 Å². The summed E-state index contributed by atoms with van der Waals surface area (Å²) in [6.45, 7) is 1.97. The smallest absolute Gasteiger partial charge is 0.127 e. The third kappa shape index (κ3) is 3.18. The number of phenolic OH excluding ortho intramolecular Hbond substituents is 3. The van der Waals surface area contributed by atoms with Gasteiger partial charge in [0, 0.05) is 18.2 Å². The number of halogens is 1. The second-order valence-corrected chi connectivity index (χ2v) is 3.29. The summed E-state index contributed by atoms with van der Waals surface area (Å²) < 4.78 is 0. The molecule has 1 rings (SSSR count). The van der Waals surface area contributed by atoms with E-state index in [1.165, 1.54) is 12.1 Å². The van der Waals surface area contributed by atoms with Gasteiger partial charge in [-0.05, 0) is 6.42 Å². The van der Waals surface area contributed by atoms with Crippen LogP contribution in [0.5, 0.6) is 17.2 Å². The van der Waals surface area contributed by atoms with Gasteiger partial charge in [-0.2, -0.15) is 0 Å². The van der Waals surface area contributed by atoms with Gasteiger partial charge in [0.05, 0.1) is 5.56 Å². The fourth-order valence-corrected chi connectivity index (χ4v) is 1.44. The van der Waals surface area contributed by atoms with Gasteiger partial charge in [0.1, 0.15) is 17.2 Å². The maximum Gasteiger partial charge on any atom is 0.127 e. The number of aromatic hydroxyl groups is 3. The predicted octanol–water partition coefficient (Wildman–Crippen LogP) is 2.03. The number of hydrogen-bond acceptors (Lipinski definition) is 4. The van der Waals surface area contributed by atoms with Crippen molar-refractivity contribution in [3.63, 3.8) is 0 Å². The molecule has 0 heterocycles. The van der Waals surface area contributed by atoms with Crippen molar-refractivity contribution < 1.29 is 15.3 Å². The van der Waals surface area contributed by atoms with Gasteiger partial charge in [0.25, 0.3) is 0 Å². The molecule has 1 aromatic rings. The molecule has 1 atom stereocenters. The quantitative estimate of drug-likeness (QED) is 0.643. The average Bonchev–Trinajstić information content (AvgIpc) is 2.01. The van der Waals surface area contributed by atoms with Crippen molar-refractivity contribution in [1.82, 2.24) is 0 Å². The van der Waals surface area contributed by atoms with Gasteiger partial charge in [0.2, 0.25) is 0 Å². The normalized spacial score (nSPS) is 11.9. The van der Waals surface area contributed by atoms with Gasteiger partial charge >= 0.3 is 0 Å². The first-order chi connectivity index (χ1) is 6.56. The lowest BCUT2D eigenvalue weighted by Crippen LogP contribution is -2.10. The largest absolute Gasteiger partial charge is 0.508 e. The highest BCUT2D eigenvalue weighted by atomic mass is 35.5. The Kier molecular flexibility index (Phi) is 5.25. The second kappa shape index (κ2) is 5.68. The molecule has 0 aliphatic heterocycles. The molecule has 4 nitrogen and oxygen atoms in total. The van der Waals surface area contributed by atoms with Crippen LogP contribution >= 0.6 is 12.4 Å². The molecule has 0 aliphatic rings. The molecule has 1 aromatic carbocycles. The Labute approximate surface area is 94.8 Å². The van der Waals surface area contributed by atoms with E-state index in [0.717, 1.165) is 6.42 Å². The summed E-state index contributed by atoms with van der Waals surface area (Å²) >= 11 is 0. The minimum absolute atomic E-state index is 0. The third-order valence-electron chi connectivity index (χ3n) is 2.09. The monoisotopic (exact) mass is 233 g/mol. The van der Waals surface area contributed by atoms with Gasteiger partial charge in [0.15, 0.2) is 0 Å². The summed E-state index contributed by atoms with van der Waals surface area (Å²) in [6, 6.07) is 1.94. The van der Waals surface area contributed by atoms with E-state index in [9.17, 15) is 10.2 Å². The van der Waals surface area contributed by atoms with Crippen LogP contribution in [-0.2, 0) is 0 Å². The molecule has 86 valence electrons. The molecular weight excluding hydrogens is 218 g/mol. The first-order valence-corrected chi connectivity index (χ1v) is 4.56. The number of benzene rings is 1. The van der Waals surface area contributed by atoms with Crippen LogP contribution in [0, 0.1) is 0 Å². The lowest BCUT2D eigenvalue weighted by molar-refractivity contribution is 0.409. The molecule has 0 saturated carbocycles. The van der Waals surface area contributed by atoms with E-state index >= 15 is 0 Å². The number of nitrogens with two attached hydrogens (primary N) is 1. The summed E-state index contributed by atoms with van der Waals surface area (Å²) in [4.78, 5) is 0. The topological polar surface area (TPSA) is 86.7 Å². The molecule has 0 amide bonds. The van der Waals surface area contributed by atoms with Crippen molar-refractivity contribution >= 4 is 12.4 Å². The SMILES string of the molecule is CCC[C@H](N)c1c(O)cc(O)cc1O.Cl. The molecule has 0 fully saturated rings. The van der Waals surface area contributed by atoms with E-state index in [4.69, 9.17) is 10.8 Å². The van der Waals surface area contributed by atoms with Crippen molar-refractivity contribution in [2.45, 2.75) is 25.8 Å². The molecule has 0 unspecified atom stereocenters. The maximum atomic E-state index is 9.47. The molecule has 0 spiro atoms. The van der Waals surface area contributed by atoms with Crippen molar-refractivity contribution in [2.75, 3.05) is 0 Å². The lowest BCUT2D eigenvalue weighted by Gasteiger charge is -2.14. The molecule has 5 N–H and O–H groups in total. The number of phenols is 3. The van der Waals surface area contributed by atoms with Gasteiger partial charge in [-0.15, -0.1) is 12.4 Å². The van der Waals surface area contributed by atoms with E-state index in [2.05, 4.69) is 0 Å². The Morgan fingerprint density at radius 3 is 2.07 bits per heavy atom. The Balaban J connectivity index is 0.00000196. The van der Waals surface area contributed by atoms with Crippen LogP contribution in [0.25, 0.3) is 0 Å². The highest BCUT2D eigenvalue weighted by Crippen LogP contribution is 2.36. The maximum absolute atomic E-state index is 9.47. The van der Waals surface area contributed by atoms with E-state index in [0.29, 0.717) is 12.0 Å².